The van der Waals surface area contributed by atoms with E-state index in [1.165, 1.54) is 6.07 Å². The fourth-order valence-corrected chi connectivity index (χ4v) is 5.69. The average molecular weight is 569 g/mol. The molecule has 0 bridgehead atoms. The van der Waals surface area contributed by atoms with Crippen LogP contribution in [0.15, 0.2) is 60.7 Å². The molecule has 8 nitrogen and oxygen atoms in total. The molecule has 4 aromatic carbocycles. The van der Waals surface area contributed by atoms with Crippen molar-refractivity contribution < 1.29 is 39.5 Å². The first kappa shape index (κ1) is 28.5. The molecule has 2 unspecified atom stereocenters. The summed E-state index contributed by atoms with van der Waals surface area (Å²) in [6, 6.07) is 17.1. The van der Waals surface area contributed by atoms with Crippen LogP contribution in [0, 0.1) is 27.7 Å². The van der Waals surface area contributed by atoms with Gasteiger partial charge in [0, 0.05) is 29.0 Å². The number of esters is 2. The molecule has 0 radical (unpaired) electrons. The van der Waals surface area contributed by atoms with Gasteiger partial charge in [-0.15, -0.1) is 0 Å². The Balaban J connectivity index is 0.000000168. The Morgan fingerprint density at radius 1 is 0.571 bits per heavy atom. The van der Waals surface area contributed by atoms with Crippen LogP contribution in [0.1, 0.15) is 69.2 Å². The highest BCUT2D eigenvalue weighted by atomic mass is 16.5. The largest absolute Gasteiger partial charge is 0.508 e. The molecule has 0 amide bonds. The number of aryl methyl sites for hydroxylation is 4. The van der Waals surface area contributed by atoms with Gasteiger partial charge in [-0.25, -0.2) is 0 Å². The molecule has 2 heterocycles. The van der Waals surface area contributed by atoms with E-state index in [4.69, 9.17) is 9.47 Å². The zero-order valence-electron chi connectivity index (χ0n) is 23.8. The van der Waals surface area contributed by atoms with Gasteiger partial charge in [0.2, 0.25) is 0 Å². The van der Waals surface area contributed by atoms with Gasteiger partial charge < -0.3 is 29.9 Å². The Kier molecular flexibility index (Phi) is 7.56. The van der Waals surface area contributed by atoms with Crippen LogP contribution in [0.2, 0.25) is 0 Å². The lowest BCUT2D eigenvalue weighted by molar-refractivity contribution is -0.136. The number of carbonyl (C=O) groups is 2. The molecular weight excluding hydrogens is 536 g/mol. The van der Waals surface area contributed by atoms with Gasteiger partial charge in [-0.1, -0.05) is 24.3 Å². The summed E-state index contributed by atoms with van der Waals surface area (Å²) in [4.78, 5) is 23.7. The smallest absolute Gasteiger partial charge is 0.312 e. The molecule has 0 saturated carbocycles. The van der Waals surface area contributed by atoms with Gasteiger partial charge >= 0.3 is 11.9 Å². The van der Waals surface area contributed by atoms with E-state index in [2.05, 4.69) is 0 Å². The molecule has 4 N–H and O–H groups in total. The summed E-state index contributed by atoms with van der Waals surface area (Å²) in [5.74, 6) is 0.479. The summed E-state index contributed by atoms with van der Waals surface area (Å²) in [7, 11) is 0. The van der Waals surface area contributed by atoms with E-state index < -0.39 is 0 Å². The van der Waals surface area contributed by atoms with Crippen molar-refractivity contribution in [2.45, 2.75) is 52.4 Å². The van der Waals surface area contributed by atoms with Crippen molar-refractivity contribution in [3.8, 4) is 34.5 Å². The van der Waals surface area contributed by atoms with E-state index in [1.807, 2.05) is 39.0 Å². The number of hydrogen-bond acceptors (Lipinski definition) is 8. The van der Waals surface area contributed by atoms with Crippen LogP contribution >= 0.6 is 0 Å². The highest BCUT2D eigenvalue weighted by Gasteiger charge is 2.32. The van der Waals surface area contributed by atoms with Gasteiger partial charge in [0.15, 0.2) is 0 Å². The van der Waals surface area contributed by atoms with Crippen molar-refractivity contribution in [2.24, 2.45) is 0 Å². The third-order valence-electron chi connectivity index (χ3n) is 7.73. The molecule has 0 aromatic heterocycles. The number of aromatic hydroxyl groups is 4. The first-order chi connectivity index (χ1) is 19.9. The zero-order valence-corrected chi connectivity index (χ0v) is 23.8. The lowest BCUT2D eigenvalue weighted by Crippen LogP contribution is -2.21. The van der Waals surface area contributed by atoms with E-state index in [1.54, 1.807) is 43.3 Å². The normalized spacial score (nSPS) is 17.2. The SMILES string of the molecule is Cc1cc(C2CC(=O)Oc3cc(O)cc(C)c32)ccc1O.Cc1cc(O)c2c(c1)OC(=O)CC2c1ccc(O)c(C)c1. The lowest BCUT2D eigenvalue weighted by atomic mass is 9.83. The third-order valence-corrected chi connectivity index (χ3v) is 7.73. The van der Waals surface area contributed by atoms with E-state index in [0.29, 0.717) is 17.1 Å². The highest BCUT2D eigenvalue weighted by molar-refractivity contribution is 5.79. The molecular formula is C34H32O8. The number of rotatable bonds is 2. The zero-order chi connectivity index (χ0) is 30.3. The Morgan fingerprint density at radius 2 is 1.07 bits per heavy atom. The predicted octanol–water partition coefficient (Wildman–Crippen LogP) is 6.31. The summed E-state index contributed by atoms with van der Waals surface area (Å²) in [6.45, 7) is 7.35. The van der Waals surface area contributed by atoms with Gasteiger partial charge in [0.25, 0.3) is 0 Å². The monoisotopic (exact) mass is 568 g/mol. The van der Waals surface area contributed by atoms with Gasteiger partial charge in [-0.05, 0) is 91.4 Å². The molecule has 0 spiro atoms. The molecule has 0 saturated heterocycles. The molecule has 2 aliphatic rings. The van der Waals surface area contributed by atoms with Gasteiger partial charge in [-0.3, -0.25) is 9.59 Å². The van der Waals surface area contributed by atoms with Crippen molar-refractivity contribution in [3.63, 3.8) is 0 Å². The Hall–Kier alpha value is -4.98. The molecule has 0 fully saturated rings. The van der Waals surface area contributed by atoms with Crippen LogP contribution in [0.25, 0.3) is 0 Å². The summed E-state index contributed by atoms with van der Waals surface area (Å²) < 4.78 is 10.5. The molecule has 2 aliphatic heterocycles. The Bertz CT molecular complexity index is 1590. The maximum atomic E-state index is 11.8. The van der Waals surface area contributed by atoms with E-state index >= 15 is 0 Å². The molecule has 0 aliphatic carbocycles. The molecule has 6 rings (SSSR count). The van der Waals surface area contributed by atoms with Crippen molar-refractivity contribution in [1.29, 1.82) is 0 Å². The number of benzene rings is 4. The van der Waals surface area contributed by atoms with Gasteiger partial charge in [0.1, 0.15) is 34.5 Å². The minimum absolute atomic E-state index is 0.0848. The Labute approximate surface area is 243 Å². The summed E-state index contributed by atoms with van der Waals surface area (Å²) in [5.41, 5.74) is 6.60. The van der Waals surface area contributed by atoms with Crippen LogP contribution in [0.4, 0.5) is 0 Å². The highest BCUT2D eigenvalue weighted by Crippen LogP contribution is 2.45. The summed E-state index contributed by atoms with van der Waals surface area (Å²) in [6.07, 6.45) is 0.427. The molecule has 4 aromatic rings. The van der Waals surface area contributed by atoms with Crippen LogP contribution in [-0.4, -0.2) is 32.4 Å². The molecule has 2 atom stereocenters. The van der Waals surface area contributed by atoms with Crippen molar-refractivity contribution in [1.82, 2.24) is 0 Å². The van der Waals surface area contributed by atoms with E-state index in [-0.39, 0.29) is 59.6 Å². The number of phenolic OH excluding ortho intramolecular Hbond substituents is 4. The number of hydrogen-bond donors (Lipinski definition) is 4. The summed E-state index contributed by atoms with van der Waals surface area (Å²) >= 11 is 0. The standard InChI is InChI=1S/2C17H16O4/c1-9-5-11(3-4-14(9)19)13-8-16(20)21-15-7-12(18)6-10(2)17(13)15;1-9-5-14(19)17-12(8-16(20)21-15(17)6-9)11-3-4-13(18)10(2)7-11/h3-7,13,18-19H,8H2,1-2H3;3-7,12,18-19H,8H2,1-2H3. The quantitative estimate of drug-likeness (QED) is 0.163. The van der Waals surface area contributed by atoms with Gasteiger partial charge in [-0.2, -0.15) is 0 Å². The second-order valence-electron chi connectivity index (χ2n) is 10.9. The number of phenols is 4. The molecule has 42 heavy (non-hydrogen) atoms. The fraction of sp³-hybridized carbons (Fsp3) is 0.235. The van der Waals surface area contributed by atoms with E-state index in [9.17, 15) is 30.0 Å². The van der Waals surface area contributed by atoms with Crippen LogP contribution in [0.3, 0.4) is 0 Å². The molecule has 216 valence electrons. The van der Waals surface area contributed by atoms with Crippen LogP contribution in [0.5, 0.6) is 34.5 Å². The molecule has 8 heteroatoms. The Morgan fingerprint density at radius 3 is 1.60 bits per heavy atom. The minimum atomic E-state index is -0.316. The van der Waals surface area contributed by atoms with Crippen LogP contribution < -0.4 is 9.47 Å². The van der Waals surface area contributed by atoms with Crippen LogP contribution in [-0.2, 0) is 9.59 Å². The predicted molar refractivity (Wildman–Crippen MR) is 156 cm³/mol. The number of fused-ring (bicyclic) bond motifs is 2. The maximum Gasteiger partial charge on any atom is 0.312 e. The van der Waals surface area contributed by atoms with Crippen molar-refractivity contribution in [2.75, 3.05) is 0 Å². The third kappa shape index (κ3) is 5.61. The lowest BCUT2D eigenvalue weighted by Gasteiger charge is -2.27. The number of ether oxygens (including phenoxy) is 2. The van der Waals surface area contributed by atoms with Crippen molar-refractivity contribution in [3.05, 3.63) is 105 Å². The average Bonchev–Trinajstić information content (AvgIpc) is 2.90. The summed E-state index contributed by atoms with van der Waals surface area (Å²) in [5, 5.41) is 39.2. The minimum Gasteiger partial charge on any atom is -0.508 e. The first-order valence-corrected chi connectivity index (χ1v) is 13.6. The topological polar surface area (TPSA) is 134 Å². The maximum absolute atomic E-state index is 11.8. The number of carbonyl (C=O) groups excluding carboxylic acids is 2. The first-order valence-electron chi connectivity index (χ1n) is 13.6. The fourth-order valence-electron chi connectivity index (χ4n) is 5.69. The second kappa shape index (κ2) is 11.1. The second-order valence-corrected chi connectivity index (χ2v) is 10.9. The van der Waals surface area contributed by atoms with Gasteiger partial charge in [0.05, 0.1) is 12.8 Å². The van der Waals surface area contributed by atoms with E-state index in [0.717, 1.165) is 38.9 Å². The van der Waals surface area contributed by atoms with Crippen molar-refractivity contribution >= 4 is 11.9 Å².